The second-order valence-corrected chi connectivity index (χ2v) is 9.36. The summed E-state index contributed by atoms with van der Waals surface area (Å²) >= 11 is 0. The van der Waals surface area contributed by atoms with Crippen LogP contribution in [0.1, 0.15) is 52.7 Å². The Morgan fingerprint density at radius 1 is 0.793 bits per heavy atom. The van der Waals surface area contributed by atoms with E-state index in [2.05, 4.69) is 65.1 Å². The number of anilines is 1. The average Bonchev–Trinajstić information content (AvgIpc) is 2.64. The van der Waals surface area contributed by atoms with Crippen LogP contribution in [-0.2, 0) is 15.6 Å². The van der Waals surface area contributed by atoms with Crippen molar-refractivity contribution in [2.24, 2.45) is 0 Å². The maximum Gasteiger partial charge on any atom is 0.123 e. The monoisotopic (exact) mass is 399 g/mol. The van der Waals surface area contributed by atoms with E-state index in [4.69, 9.17) is 14.2 Å². The SMILES string of the molecule is COCCOc1cccc(NCCOc2ccc(C(C)(C)C)cc2C(C)(C)C)c1. The Morgan fingerprint density at radius 2 is 1.55 bits per heavy atom. The van der Waals surface area contributed by atoms with Crippen LogP contribution in [0.25, 0.3) is 0 Å². The fourth-order valence-corrected chi connectivity index (χ4v) is 3.00. The van der Waals surface area contributed by atoms with Crippen LogP contribution in [0, 0.1) is 0 Å². The van der Waals surface area contributed by atoms with Crippen molar-refractivity contribution in [3.63, 3.8) is 0 Å². The predicted molar refractivity (Wildman–Crippen MR) is 122 cm³/mol. The smallest absolute Gasteiger partial charge is 0.123 e. The lowest BCUT2D eigenvalue weighted by Crippen LogP contribution is -2.19. The standard InChI is InChI=1S/C25H37NO3/c1-24(2,3)19-11-12-23(22(17-19)25(4,5)6)29-14-13-26-20-9-8-10-21(18-20)28-16-15-27-7/h8-12,17-18,26H,13-16H2,1-7H3. The van der Waals surface area contributed by atoms with E-state index >= 15 is 0 Å². The molecule has 0 atom stereocenters. The Hall–Kier alpha value is -2.20. The molecule has 0 fully saturated rings. The highest BCUT2D eigenvalue weighted by molar-refractivity contribution is 5.48. The van der Waals surface area contributed by atoms with Crippen molar-refractivity contribution < 1.29 is 14.2 Å². The molecule has 160 valence electrons. The van der Waals surface area contributed by atoms with Gasteiger partial charge in [0.25, 0.3) is 0 Å². The summed E-state index contributed by atoms with van der Waals surface area (Å²) in [6.45, 7) is 15.8. The van der Waals surface area contributed by atoms with Crippen molar-refractivity contribution in [3.8, 4) is 11.5 Å². The van der Waals surface area contributed by atoms with Gasteiger partial charge in [-0.3, -0.25) is 0 Å². The molecule has 0 unspecified atom stereocenters. The van der Waals surface area contributed by atoms with E-state index in [1.165, 1.54) is 11.1 Å². The van der Waals surface area contributed by atoms with Gasteiger partial charge in [-0.05, 0) is 40.2 Å². The first kappa shape index (κ1) is 23.1. The molecule has 2 aromatic carbocycles. The lowest BCUT2D eigenvalue weighted by atomic mass is 9.80. The third kappa shape index (κ3) is 7.28. The van der Waals surface area contributed by atoms with Gasteiger partial charge in [-0.15, -0.1) is 0 Å². The van der Waals surface area contributed by atoms with Gasteiger partial charge in [-0.2, -0.15) is 0 Å². The van der Waals surface area contributed by atoms with Crippen LogP contribution in [0.4, 0.5) is 5.69 Å². The lowest BCUT2D eigenvalue weighted by molar-refractivity contribution is 0.146. The highest BCUT2D eigenvalue weighted by Crippen LogP contribution is 2.35. The first-order valence-electron chi connectivity index (χ1n) is 10.3. The van der Waals surface area contributed by atoms with E-state index in [1.807, 2.05) is 24.3 Å². The molecule has 0 aliphatic carbocycles. The first-order chi connectivity index (χ1) is 13.6. The zero-order valence-corrected chi connectivity index (χ0v) is 19.1. The van der Waals surface area contributed by atoms with Crippen molar-refractivity contribution in [1.82, 2.24) is 0 Å². The van der Waals surface area contributed by atoms with E-state index in [-0.39, 0.29) is 10.8 Å². The van der Waals surface area contributed by atoms with E-state index < -0.39 is 0 Å². The molecule has 2 rings (SSSR count). The summed E-state index contributed by atoms with van der Waals surface area (Å²) in [5.41, 5.74) is 3.74. The van der Waals surface area contributed by atoms with Gasteiger partial charge in [0, 0.05) is 25.4 Å². The number of hydrogen-bond donors (Lipinski definition) is 1. The Morgan fingerprint density at radius 3 is 2.21 bits per heavy atom. The van der Waals surface area contributed by atoms with Gasteiger partial charge in [0.1, 0.15) is 24.7 Å². The molecule has 0 aliphatic heterocycles. The van der Waals surface area contributed by atoms with Crippen molar-refractivity contribution in [1.29, 1.82) is 0 Å². The minimum absolute atomic E-state index is 0.0257. The minimum Gasteiger partial charge on any atom is -0.491 e. The van der Waals surface area contributed by atoms with Gasteiger partial charge < -0.3 is 19.5 Å². The van der Waals surface area contributed by atoms with Crippen LogP contribution < -0.4 is 14.8 Å². The van der Waals surface area contributed by atoms with Crippen LogP contribution in [0.15, 0.2) is 42.5 Å². The average molecular weight is 400 g/mol. The summed E-state index contributed by atoms with van der Waals surface area (Å²) in [5, 5.41) is 3.40. The Labute approximate surface area is 176 Å². The summed E-state index contributed by atoms with van der Waals surface area (Å²) in [5.74, 6) is 1.80. The van der Waals surface area contributed by atoms with Gasteiger partial charge in [0.05, 0.1) is 6.61 Å². The Kier molecular flexibility index (Phi) is 7.97. The van der Waals surface area contributed by atoms with Crippen LogP contribution in [0.2, 0.25) is 0 Å². The van der Waals surface area contributed by atoms with Gasteiger partial charge in [0.15, 0.2) is 0 Å². The number of benzene rings is 2. The lowest BCUT2D eigenvalue weighted by Gasteiger charge is -2.27. The van der Waals surface area contributed by atoms with E-state index in [1.54, 1.807) is 7.11 Å². The normalized spacial score (nSPS) is 12.0. The number of methoxy groups -OCH3 is 1. The van der Waals surface area contributed by atoms with Gasteiger partial charge in [0.2, 0.25) is 0 Å². The third-order valence-corrected chi connectivity index (χ3v) is 4.73. The van der Waals surface area contributed by atoms with Crippen LogP contribution in [0.3, 0.4) is 0 Å². The molecule has 4 nitrogen and oxygen atoms in total. The molecular formula is C25H37NO3. The molecule has 0 aliphatic rings. The zero-order valence-electron chi connectivity index (χ0n) is 19.1. The zero-order chi connectivity index (χ0) is 21.5. The number of rotatable bonds is 9. The van der Waals surface area contributed by atoms with Crippen molar-refractivity contribution >= 4 is 5.69 Å². The highest BCUT2D eigenvalue weighted by atomic mass is 16.5. The first-order valence-corrected chi connectivity index (χ1v) is 10.3. The minimum atomic E-state index is 0.0257. The molecule has 0 saturated heterocycles. The molecule has 0 saturated carbocycles. The molecule has 0 aromatic heterocycles. The van der Waals surface area contributed by atoms with Crippen molar-refractivity contribution in [3.05, 3.63) is 53.6 Å². The molecule has 29 heavy (non-hydrogen) atoms. The van der Waals surface area contributed by atoms with Gasteiger partial charge in [-0.1, -0.05) is 59.7 Å². The Balaban J connectivity index is 1.96. The summed E-state index contributed by atoms with van der Waals surface area (Å²) in [6.07, 6.45) is 0. The Bertz CT molecular complexity index is 772. The van der Waals surface area contributed by atoms with E-state index in [0.29, 0.717) is 26.4 Å². The highest BCUT2D eigenvalue weighted by Gasteiger charge is 2.23. The second kappa shape index (κ2) is 10.0. The molecule has 0 spiro atoms. The maximum absolute atomic E-state index is 6.15. The maximum atomic E-state index is 6.15. The van der Waals surface area contributed by atoms with Crippen LogP contribution >= 0.6 is 0 Å². The topological polar surface area (TPSA) is 39.7 Å². The predicted octanol–water partition coefficient (Wildman–Crippen LogP) is 5.80. The second-order valence-electron chi connectivity index (χ2n) is 9.36. The van der Waals surface area contributed by atoms with Crippen molar-refractivity contribution in [2.45, 2.75) is 52.4 Å². The molecule has 2 aromatic rings. The van der Waals surface area contributed by atoms with E-state index in [0.717, 1.165) is 17.2 Å². The summed E-state index contributed by atoms with van der Waals surface area (Å²) in [6, 6.07) is 14.5. The fourth-order valence-electron chi connectivity index (χ4n) is 3.00. The number of nitrogens with one attached hydrogen (secondary N) is 1. The molecule has 0 radical (unpaired) electrons. The molecule has 0 amide bonds. The third-order valence-electron chi connectivity index (χ3n) is 4.73. The molecule has 1 N–H and O–H groups in total. The largest absolute Gasteiger partial charge is 0.491 e. The molecule has 0 bridgehead atoms. The quantitative estimate of drug-likeness (QED) is 0.541. The molecule has 0 heterocycles. The number of ether oxygens (including phenoxy) is 3. The van der Waals surface area contributed by atoms with Gasteiger partial charge >= 0.3 is 0 Å². The summed E-state index contributed by atoms with van der Waals surface area (Å²) < 4.78 is 16.8. The van der Waals surface area contributed by atoms with Crippen LogP contribution in [0.5, 0.6) is 11.5 Å². The van der Waals surface area contributed by atoms with Gasteiger partial charge in [-0.25, -0.2) is 0 Å². The van der Waals surface area contributed by atoms with E-state index in [9.17, 15) is 0 Å². The molecule has 4 heteroatoms. The van der Waals surface area contributed by atoms with Crippen LogP contribution in [-0.4, -0.2) is 33.5 Å². The molecular weight excluding hydrogens is 362 g/mol. The number of hydrogen-bond acceptors (Lipinski definition) is 4. The summed E-state index contributed by atoms with van der Waals surface area (Å²) in [4.78, 5) is 0. The fraction of sp³-hybridized carbons (Fsp3) is 0.520. The van der Waals surface area contributed by atoms with Crippen molar-refractivity contribution in [2.75, 3.05) is 38.8 Å². The summed E-state index contributed by atoms with van der Waals surface area (Å²) in [7, 11) is 1.67.